The second-order valence-corrected chi connectivity index (χ2v) is 4.60. The SMILES string of the molecule is CCCC1(C)CC1C(C)CC. The third kappa shape index (κ3) is 1.77. The maximum absolute atomic E-state index is 2.47. The average Bonchev–Trinajstić information content (AvgIpc) is 2.62. The third-order valence-electron chi connectivity index (χ3n) is 3.57. The predicted octanol–water partition coefficient (Wildman–Crippen LogP) is 3.86. The second-order valence-electron chi connectivity index (χ2n) is 4.60. The van der Waals surface area contributed by atoms with Crippen molar-refractivity contribution >= 4 is 0 Å². The van der Waals surface area contributed by atoms with Crippen LogP contribution in [-0.2, 0) is 0 Å². The zero-order valence-electron chi connectivity index (χ0n) is 8.48. The largest absolute Gasteiger partial charge is 0.0654 e. The van der Waals surface area contributed by atoms with Gasteiger partial charge in [-0.2, -0.15) is 0 Å². The third-order valence-corrected chi connectivity index (χ3v) is 3.57. The maximum atomic E-state index is 2.47. The molecule has 0 saturated heterocycles. The molecule has 0 N–H and O–H groups in total. The number of hydrogen-bond donors (Lipinski definition) is 0. The van der Waals surface area contributed by atoms with Gasteiger partial charge in [0.1, 0.15) is 0 Å². The molecule has 0 aliphatic heterocycles. The van der Waals surface area contributed by atoms with E-state index in [1.54, 1.807) is 0 Å². The Bertz CT molecular complexity index is 128. The lowest BCUT2D eigenvalue weighted by molar-refractivity contribution is 0.369. The first-order chi connectivity index (χ1) is 5.14. The Balaban J connectivity index is 2.33. The first-order valence-corrected chi connectivity index (χ1v) is 5.14. The van der Waals surface area contributed by atoms with Gasteiger partial charge in [-0.3, -0.25) is 0 Å². The molecule has 0 heteroatoms. The van der Waals surface area contributed by atoms with Crippen LogP contribution >= 0.6 is 0 Å². The molecule has 1 fully saturated rings. The van der Waals surface area contributed by atoms with Gasteiger partial charge in [0.2, 0.25) is 0 Å². The lowest BCUT2D eigenvalue weighted by atomic mass is 9.92. The number of hydrogen-bond acceptors (Lipinski definition) is 0. The predicted molar refractivity (Wildman–Crippen MR) is 50.6 cm³/mol. The minimum Gasteiger partial charge on any atom is -0.0654 e. The fourth-order valence-electron chi connectivity index (χ4n) is 2.47. The zero-order valence-corrected chi connectivity index (χ0v) is 8.48. The van der Waals surface area contributed by atoms with Crippen molar-refractivity contribution in [2.45, 2.75) is 53.4 Å². The molecule has 1 saturated carbocycles. The van der Waals surface area contributed by atoms with Crippen LogP contribution in [0.3, 0.4) is 0 Å². The molecule has 11 heavy (non-hydrogen) atoms. The topological polar surface area (TPSA) is 0 Å². The van der Waals surface area contributed by atoms with Crippen LogP contribution in [0.5, 0.6) is 0 Å². The Labute approximate surface area is 71.4 Å². The molecule has 0 nitrogen and oxygen atoms in total. The van der Waals surface area contributed by atoms with Gasteiger partial charge in [-0.1, -0.05) is 40.5 Å². The van der Waals surface area contributed by atoms with Gasteiger partial charge in [0, 0.05) is 0 Å². The summed E-state index contributed by atoms with van der Waals surface area (Å²) < 4.78 is 0. The standard InChI is InChI=1S/C11H22/c1-5-7-11(4)8-10(11)9(3)6-2/h9-10H,5-8H2,1-4H3. The molecule has 0 spiro atoms. The Morgan fingerprint density at radius 1 is 1.45 bits per heavy atom. The van der Waals surface area contributed by atoms with Crippen molar-refractivity contribution in [3.63, 3.8) is 0 Å². The van der Waals surface area contributed by atoms with Crippen molar-refractivity contribution in [3.05, 3.63) is 0 Å². The number of rotatable bonds is 4. The highest BCUT2D eigenvalue weighted by molar-refractivity contribution is 5.00. The van der Waals surface area contributed by atoms with E-state index in [2.05, 4.69) is 27.7 Å². The van der Waals surface area contributed by atoms with Gasteiger partial charge in [-0.25, -0.2) is 0 Å². The molecule has 0 heterocycles. The van der Waals surface area contributed by atoms with Crippen LogP contribution in [0, 0.1) is 17.3 Å². The monoisotopic (exact) mass is 154 g/mol. The molecule has 0 aromatic rings. The molecule has 0 amide bonds. The van der Waals surface area contributed by atoms with E-state index >= 15 is 0 Å². The summed E-state index contributed by atoms with van der Waals surface area (Å²) in [7, 11) is 0. The van der Waals surface area contributed by atoms with Crippen LogP contribution in [0.1, 0.15) is 53.4 Å². The van der Waals surface area contributed by atoms with E-state index in [0.717, 1.165) is 17.3 Å². The zero-order chi connectivity index (χ0) is 8.48. The van der Waals surface area contributed by atoms with Crippen molar-refractivity contribution < 1.29 is 0 Å². The van der Waals surface area contributed by atoms with Gasteiger partial charge < -0.3 is 0 Å². The lowest BCUT2D eigenvalue weighted by Gasteiger charge is -2.13. The molecule has 3 atom stereocenters. The molecule has 66 valence electrons. The Hall–Kier alpha value is 0. The van der Waals surface area contributed by atoms with Gasteiger partial charge in [0.15, 0.2) is 0 Å². The summed E-state index contributed by atoms with van der Waals surface area (Å²) in [6.45, 7) is 9.49. The van der Waals surface area contributed by atoms with Crippen LogP contribution in [0.15, 0.2) is 0 Å². The smallest absolute Gasteiger partial charge is 0.0292 e. The summed E-state index contributed by atoms with van der Waals surface area (Å²) in [4.78, 5) is 0. The molecule has 1 aliphatic rings. The van der Waals surface area contributed by atoms with Crippen LogP contribution in [-0.4, -0.2) is 0 Å². The maximum Gasteiger partial charge on any atom is -0.0292 e. The first-order valence-electron chi connectivity index (χ1n) is 5.14. The van der Waals surface area contributed by atoms with Crippen LogP contribution in [0.25, 0.3) is 0 Å². The van der Waals surface area contributed by atoms with Crippen LogP contribution in [0.2, 0.25) is 0 Å². The molecule has 1 aliphatic carbocycles. The first kappa shape index (κ1) is 9.09. The van der Waals surface area contributed by atoms with E-state index in [9.17, 15) is 0 Å². The molecule has 0 radical (unpaired) electrons. The summed E-state index contributed by atoms with van der Waals surface area (Å²) in [6.07, 6.45) is 5.67. The van der Waals surface area contributed by atoms with E-state index in [1.165, 1.54) is 25.7 Å². The van der Waals surface area contributed by atoms with Crippen molar-refractivity contribution in [1.29, 1.82) is 0 Å². The molecule has 1 rings (SSSR count). The van der Waals surface area contributed by atoms with Crippen molar-refractivity contribution in [3.8, 4) is 0 Å². The van der Waals surface area contributed by atoms with Crippen molar-refractivity contribution in [1.82, 2.24) is 0 Å². The van der Waals surface area contributed by atoms with Crippen LogP contribution < -0.4 is 0 Å². The summed E-state index contributed by atoms with van der Waals surface area (Å²) in [5.74, 6) is 2.01. The normalized spacial score (nSPS) is 38.7. The summed E-state index contributed by atoms with van der Waals surface area (Å²) >= 11 is 0. The highest BCUT2D eigenvalue weighted by atomic mass is 14.5. The molecule has 0 bridgehead atoms. The molecule has 0 aromatic heterocycles. The fourth-order valence-corrected chi connectivity index (χ4v) is 2.47. The van der Waals surface area contributed by atoms with Gasteiger partial charge in [0.05, 0.1) is 0 Å². The molecular formula is C11H22. The molecular weight excluding hydrogens is 132 g/mol. The Kier molecular flexibility index (Phi) is 2.61. The average molecular weight is 154 g/mol. The summed E-state index contributed by atoms with van der Waals surface area (Å²) in [5.41, 5.74) is 0.740. The van der Waals surface area contributed by atoms with Gasteiger partial charge in [0.25, 0.3) is 0 Å². The van der Waals surface area contributed by atoms with E-state index < -0.39 is 0 Å². The fraction of sp³-hybridized carbons (Fsp3) is 1.00. The van der Waals surface area contributed by atoms with E-state index in [-0.39, 0.29) is 0 Å². The Morgan fingerprint density at radius 2 is 2.09 bits per heavy atom. The quantitative estimate of drug-likeness (QED) is 0.577. The van der Waals surface area contributed by atoms with Crippen LogP contribution in [0.4, 0.5) is 0 Å². The molecule has 0 aromatic carbocycles. The molecule has 3 unspecified atom stereocenters. The second kappa shape index (κ2) is 3.16. The van der Waals surface area contributed by atoms with E-state index in [0.29, 0.717) is 0 Å². The van der Waals surface area contributed by atoms with Gasteiger partial charge >= 0.3 is 0 Å². The van der Waals surface area contributed by atoms with Gasteiger partial charge in [-0.05, 0) is 30.1 Å². The lowest BCUT2D eigenvalue weighted by Crippen LogP contribution is -2.04. The highest BCUT2D eigenvalue weighted by Gasteiger charge is 2.50. The summed E-state index contributed by atoms with van der Waals surface area (Å²) in [6, 6.07) is 0. The van der Waals surface area contributed by atoms with Crippen molar-refractivity contribution in [2.24, 2.45) is 17.3 Å². The minimum atomic E-state index is 0.740. The highest BCUT2D eigenvalue weighted by Crippen LogP contribution is 2.59. The van der Waals surface area contributed by atoms with E-state index in [4.69, 9.17) is 0 Å². The van der Waals surface area contributed by atoms with Crippen molar-refractivity contribution in [2.75, 3.05) is 0 Å². The Morgan fingerprint density at radius 3 is 2.55 bits per heavy atom. The minimum absolute atomic E-state index is 0.740. The van der Waals surface area contributed by atoms with Gasteiger partial charge in [-0.15, -0.1) is 0 Å². The summed E-state index contributed by atoms with van der Waals surface area (Å²) in [5, 5.41) is 0. The van der Waals surface area contributed by atoms with E-state index in [1.807, 2.05) is 0 Å².